The predicted molar refractivity (Wildman–Crippen MR) is 142 cm³/mol. The number of amides is 2. The molecule has 0 aliphatic carbocycles. The first-order valence-corrected chi connectivity index (χ1v) is 12.8. The summed E-state index contributed by atoms with van der Waals surface area (Å²) in [6.45, 7) is 2.02. The molecule has 0 bridgehead atoms. The fraction of sp³-hybridized carbons (Fsp3) is 0.192. The van der Waals surface area contributed by atoms with Gasteiger partial charge in [-0.25, -0.2) is 4.79 Å². The highest BCUT2D eigenvalue weighted by Gasteiger charge is 2.35. The maximum absolute atomic E-state index is 13.5. The van der Waals surface area contributed by atoms with E-state index in [2.05, 4.69) is 10.4 Å². The van der Waals surface area contributed by atoms with Crippen LogP contribution in [-0.4, -0.2) is 40.7 Å². The van der Waals surface area contributed by atoms with Gasteiger partial charge in [-0.05, 0) is 37.3 Å². The molecule has 1 atom stereocenters. The van der Waals surface area contributed by atoms with Gasteiger partial charge in [-0.2, -0.15) is 9.78 Å². The average molecular weight is 537 g/mol. The van der Waals surface area contributed by atoms with Gasteiger partial charge in [0.15, 0.2) is 5.69 Å². The van der Waals surface area contributed by atoms with E-state index >= 15 is 0 Å². The second-order valence-corrected chi connectivity index (χ2v) is 9.67. The van der Waals surface area contributed by atoms with E-state index in [9.17, 15) is 19.2 Å². The average Bonchev–Trinajstić information content (AvgIpc) is 3.49. The normalized spacial score (nSPS) is 15.2. The van der Waals surface area contributed by atoms with Gasteiger partial charge in [0.1, 0.15) is 5.00 Å². The van der Waals surface area contributed by atoms with Crippen molar-refractivity contribution in [1.82, 2.24) is 9.78 Å². The summed E-state index contributed by atoms with van der Waals surface area (Å²) < 4.78 is 6.23. The Balaban J connectivity index is 1.52. The summed E-state index contributed by atoms with van der Waals surface area (Å²) in [5, 5.41) is 9.71. The van der Waals surface area contributed by atoms with E-state index in [0.717, 1.165) is 21.7 Å². The molecule has 2 aromatic carbocycles. The number of carbonyl (C=O) groups is 3. The number of nitrogens with one attached hydrogen (secondary N) is 1. The molecule has 1 unspecified atom stereocenters. The minimum absolute atomic E-state index is 0.0480. The number of nitrogens with zero attached hydrogens (tertiary/aromatic N) is 3. The van der Waals surface area contributed by atoms with Gasteiger partial charge in [0.25, 0.3) is 5.56 Å². The third-order valence-corrected chi connectivity index (χ3v) is 7.10. The van der Waals surface area contributed by atoms with Gasteiger partial charge in [-0.3, -0.25) is 14.4 Å². The highest BCUT2D eigenvalue weighted by Crippen LogP contribution is 2.32. The molecule has 2 aromatic heterocycles. The lowest BCUT2D eigenvalue weighted by atomic mass is 10.1. The van der Waals surface area contributed by atoms with Crippen molar-refractivity contribution in [2.24, 2.45) is 5.92 Å². The minimum Gasteiger partial charge on any atom is -0.461 e. The maximum atomic E-state index is 13.5. The van der Waals surface area contributed by atoms with Crippen molar-refractivity contribution in [3.05, 3.63) is 81.0 Å². The van der Waals surface area contributed by atoms with Gasteiger partial charge >= 0.3 is 5.97 Å². The number of ether oxygens (including phenoxy) is 1. The quantitative estimate of drug-likeness (QED) is 0.368. The number of hydrogen-bond acceptors (Lipinski definition) is 7. The second-order valence-electron chi connectivity index (χ2n) is 8.35. The monoisotopic (exact) mass is 536 g/mol. The van der Waals surface area contributed by atoms with Crippen molar-refractivity contribution >= 4 is 62.2 Å². The highest BCUT2D eigenvalue weighted by atomic mass is 35.5. The Morgan fingerprint density at radius 1 is 1.14 bits per heavy atom. The molecule has 9 nitrogen and oxygen atoms in total. The molecule has 4 aromatic rings. The largest absolute Gasteiger partial charge is 0.461 e. The zero-order valence-electron chi connectivity index (χ0n) is 19.6. The third-order valence-electron chi connectivity index (χ3n) is 5.97. The summed E-state index contributed by atoms with van der Waals surface area (Å²) in [5.41, 5.74) is 0.488. The zero-order chi connectivity index (χ0) is 26.1. The zero-order valence-corrected chi connectivity index (χ0v) is 21.2. The molecule has 0 spiro atoms. The van der Waals surface area contributed by atoms with Crippen LogP contribution in [0.5, 0.6) is 0 Å². The molecule has 2 amide bonds. The van der Waals surface area contributed by atoms with E-state index in [4.69, 9.17) is 16.3 Å². The number of thiophene rings is 1. The number of rotatable bonds is 6. The van der Waals surface area contributed by atoms with Crippen LogP contribution in [0.2, 0.25) is 5.02 Å². The van der Waals surface area contributed by atoms with Crippen LogP contribution in [0.3, 0.4) is 0 Å². The number of esters is 1. The SMILES string of the molecule is CCOC(=O)c1nn(-c2cccc(Cl)c2)c(=O)c2c(NC(=O)C3CC(=O)N(c4ccccc4)C3)scc12. The van der Waals surface area contributed by atoms with E-state index in [1.54, 1.807) is 41.5 Å². The van der Waals surface area contributed by atoms with Gasteiger partial charge in [-0.1, -0.05) is 35.9 Å². The van der Waals surface area contributed by atoms with Crippen molar-refractivity contribution in [2.75, 3.05) is 23.4 Å². The van der Waals surface area contributed by atoms with Crippen LogP contribution >= 0.6 is 22.9 Å². The Hall–Kier alpha value is -4.02. The molecule has 1 N–H and O–H groups in total. The fourth-order valence-electron chi connectivity index (χ4n) is 4.23. The van der Waals surface area contributed by atoms with E-state index in [0.29, 0.717) is 10.7 Å². The van der Waals surface area contributed by atoms with E-state index in [1.807, 2.05) is 30.3 Å². The number of carbonyl (C=O) groups excluding carboxylic acids is 3. The molecule has 0 saturated carbocycles. The highest BCUT2D eigenvalue weighted by molar-refractivity contribution is 7.16. The van der Waals surface area contributed by atoms with E-state index in [1.165, 1.54) is 0 Å². The Kier molecular flexibility index (Phi) is 6.77. The van der Waals surface area contributed by atoms with Gasteiger partial charge in [-0.15, -0.1) is 11.3 Å². The smallest absolute Gasteiger partial charge is 0.359 e. The Bertz CT molecular complexity index is 1580. The summed E-state index contributed by atoms with van der Waals surface area (Å²) in [4.78, 5) is 53.6. The van der Waals surface area contributed by atoms with Crippen LogP contribution in [0.1, 0.15) is 23.8 Å². The predicted octanol–water partition coefficient (Wildman–Crippen LogP) is 4.27. The molecule has 11 heteroatoms. The maximum Gasteiger partial charge on any atom is 0.359 e. The summed E-state index contributed by atoms with van der Waals surface area (Å²) in [7, 11) is 0. The number of fused-ring (bicyclic) bond motifs is 1. The van der Waals surface area contributed by atoms with Crippen LogP contribution in [0.4, 0.5) is 10.7 Å². The van der Waals surface area contributed by atoms with E-state index in [-0.39, 0.29) is 46.9 Å². The summed E-state index contributed by atoms with van der Waals surface area (Å²) in [6.07, 6.45) is 0.0480. The lowest BCUT2D eigenvalue weighted by Gasteiger charge is -2.16. The van der Waals surface area contributed by atoms with Crippen molar-refractivity contribution in [3.8, 4) is 5.69 Å². The number of aromatic nitrogens is 2. The molecule has 1 fully saturated rings. The fourth-order valence-corrected chi connectivity index (χ4v) is 5.35. The van der Waals surface area contributed by atoms with E-state index < -0.39 is 23.4 Å². The summed E-state index contributed by atoms with van der Waals surface area (Å²) in [6, 6.07) is 15.6. The molecular formula is C26H21ClN4O5S. The number of benzene rings is 2. The molecule has 0 radical (unpaired) electrons. The number of halogens is 1. The lowest BCUT2D eigenvalue weighted by Crippen LogP contribution is -2.29. The molecule has 1 aliphatic heterocycles. The molecule has 1 aliphatic rings. The van der Waals surface area contributed by atoms with Gasteiger partial charge in [0.05, 0.1) is 23.6 Å². The first-order valence-electron chi connectivity index (χ1n) is 11.5. The van der Waals surface area contributed by atoms with Gasteiger partial charge in [0.2, 0.25) is 11.8 Å². The van der Waals surface area contributed by atoms with Crippen molar-refractivity contribution < 1.29 is 19.1 Å². The van der Waals surface area contributed by atoms with Crippen LogP contribution in [0.25, 0.3) is 16.5 Å². The van der Waals surface area contributed by atoms with Crippen LogP contribution < -0.4 is 15.8 Å². The molecular weight excluding hydrogens is 516 g/mol. The van der Waals surface area contributed by atoms with Crippen LogP contribution in [0, 0.1) is 5.92 Å². The number of hydrogen-bond donors (Lipinski definition) is 1. The first-order chi connectivity index (χ1) is 17.9. The molecule has 5 rings (SSSR count). The summed E-state index contributed by atoms with van der Waals surface area (Å²) in [5.74, 6) is -1.84. The summed E-state index contributed by atoms with van der Waals surface area (Å²) >= 11 is 7.22. The molecule has 37 heavy (non-hydrogen) atoms. The number of anilines is 2. The van der Waals surface area contributed by atoms with Crippen LogP contribution in [-0.2, 0) is 14.3 Å². The minimum atomic E-state index is -0.696. The second kappa shape index (κ2) is 10.2. The van der Waals surface area contributed by atoms with Crippen molar-refractivity contribution in [2.45, 2.75) is 13.3 Å². The molecule has 3 heterocycles. The lowest BCUT2D eigenvalue weighted by molar-refractivity contribution is -0.122. The van der Waals surface area contributed by atoms with Gasteiger partial charge < -0.3 is 15.0 Å². The Morgan fingerprint density at radius 2 is 1.89 bits per heavy atom. The Labute approximate surface area is 220 Å². The standard InChI is InChI=1S/C26H21ClN4O5S/c1-2-36-26(35)22-19-14-37-24(21(19)25(34)31(29-22)18-10-6-7-16(27)12-18)28-23(33)15-11-20(32)30(13-15)17-8-4-3-5-9-17/h3-10,12,14-15H,2,11,13H2,1H3,(H,28,33). The number of para-hydroxylation sites is 1. The first kappa shape index (κ1) is 24.7. The molecule has 1 saturated heterocycles. The topological polar surface area (TPSA) is 111 Å². The van der Waals surface area contributed by atoms with Crippen molar-refractivity contribution in [3.63, 3.8) is 0 Å². The third kappa shape index (κ3) is 4.73. The van der Waals surface area contributed by atoms with Gasteiger partial charge in [0, 0.05) is 34.4 Å². The molecule has 188 valence electrons. The van der Waals surface area contributed by atoms with Crippen LogP contribution in [0.15, 0.2) is 64.8 Å². The van der Waals surface area contributed by atoms with Crippen molar-refractivity contribution in [1.29, 1.82) is 0 Å². The Morgan fingerprint density at radius 3 is 2.62 bits per heavy atom.